The molecule has 1 rings (SSSR count). The minimum atomic E-state index is -4.23. The van der Waals surface area contributed by atoms with Gasteiger partial charge in [0.05, 0.1) is 11.6 Å². The molecule has 0 aromatic heterocycles. The summed E-state index contributed by atoms with van der Waals surface area (Å²) in [5.41, 5.74) is 0.285. The zero-order chi connectivity index (χ0) is 10.8. The number of hydrogen-bond acceptors (Lipinski definition) is 4. The Morgan fingerprint density at radius 2 is 1.79 bits per heavy atom. The maximum Gasteiger partial charge on any atom is 0.299 e. The Labute approximate surface area is 85.1 Å². The summed E-state index contributed by atoms with van der Waals surface area (Å²) in [6.07, 6.45) is 0. The second-order valence-electron chi connectivity index (χ2n) is 2.41. The van der Waals surface area contributed by atoms with Gasteiger partial charge < -0.3 is 0 Å². The molecule has 0 aliphatic heterocycles. The van der Waals surface area contributed by atoms with Gasteiger partial charge in [-0.2, -0.15) is 5.26 Å². The van der Waals surface area contributed by atoms with E-state index in [1.165, 1.54) is 24.3 Å². The van der Waals surface area contributed by atoms with E-state index in [-0.39, 0.29) is 5.56 Å². The summed E-state index contributed by atoms with van der Waals surface area (Å²) in [5.74, 6) is 0. The van der Waals surface area contributed by atoms with E-state index in [1.54, 1.807) is 0 Å². The van der Waals surface area contributed by atoms with Gasteiger partial charge in [0.25, 0.3) is 14.2 Å². The molecule has 0 saturated carbocycles. The molecular formula is C8H4ClNO3S. The van der Waals surface area contributed by atoms with Gasteiger partial charge in [-0.3, -0.25) is 4.79 Å². The van der Waals surface area contributed by atoms with Gasteiger partial charge >= 0.3 is 0 Å². The van der Waals surface area contributed by atoms with Crippen LogP contribution in [0.25, 0.3) is 0 Å². The highest BCUT2D eigenvalue weighted by Gasteiger charge is 2.20. The molecule has 0 spiro atoms. The van der Waals surface area contributed by atoms with Crippen LogP contribution in [0.4, 0.5) is 0 Å². The van der Waals surface area contributed by atoms with Gasteiger partial charge in [-0.15, -0.1) is 0 Å². The Hall–Kier alpha value is -1.38. The maximum atomic E-state index is 11.1. The van der Waals surface area contributed by atoms with E-state index >= 15 is 0 Å². The number of benzene rings is 1. The molecule has 0 bridgehead atoms. The number of halogens is 1. The Morgan fingerprint density at radius 1 is 1.29 bits per heavy atom. The lowest BCUT2D eigenvalue weighted by Gasteiger charge is -1.95. The third-order valence-electron chi connectivity index (χ3n) is 1.47. The minimum absolute atomic E-state index is 0.0565. The van der Waals surface area contributed by atoms with Crippen molar-refractivity contribution in [1.82, 2.24) is 0 Å². The van der Waals surface area contributed by atoms with Gasteiger partial charge in [0, 0.05) is 16.2 Å². The molecule has 0 aliphatic rings. The van der Waals surface area contributed by atoms with Gasteiger partial charge in [-0.05, 0) is 24.3 Å². The van der Waals surface area contributed by atoms with Crippen LogP contribution in [-0.2, 0) is 9.05 Å². The Balaban J connectivity index is 3.13. The van der Waals surface area contributed by atoms with Crippen LogP contribution in [-0.4, -0.2) is 13.5 Å². The normalized spacial score (nSPS) is 10.6. The van der Waals surface area contributed by atoms with Crippen molar-refractivity contribution in [2.24, 2.45) is 0 Å². The first-order valence-corrected chi connectivity index (χ1v) is 5.75. The van der Waals surface area contributed by atoms with Crippen LogP contribution in [0.3, 0.4) is 0 Å². The molecular weight excluding hydrogens is 226 g/mol. The summed E-state index contributed by atoms with van der Waals surface area (Å²) in [4.78, 5) is 11.1. The summed E-state index contributed by atoms with van der Waals surface area (Å²) in [7, 11) is 0.624. The average Bonchev–Trinajstić information content (AvgIpc) is 2.15. The largest absolute Gasteiger partial charge is 0.299 e. The molecule has 0 unspecified atom stereocenters. The fourth-order valence-electron chi connectivity index (χ4n) is 0.822. The van der Waals surface area contributed by atoms with E-state index in [1.807, 2.05) is 6.07 Å². The van der Waals surface area contributed by atoms with Crippen molar-refractivity contribution >= 4 is 24.8 Å². The van der Waals surface area contributed by atoms with E-state index in [0.29, 0.717) is 5.56 Å². The molecule has 4 nitrogen and oxygen atoms in total. The molecule has 0 radical (unpaired) electrons. The lowest BCUT2D eigenvalue weighted by atomic mass is 10.2. The van der Waals surface area contributed by atoms with E-state index in [9.17, 15) is 13.2 Å². The van der Waals surface area contributed by atoms with Gasteiger partial charge in [0.1, 0.15) is 0 Å². The molecule has 6 heteroatoms. The average molecular weight is 230 g/mol. The molecule has 0 fully saturated rings. The van der Waals surface area contributed by atoms with Crippen molar-refractivity contribution in [1.29, 1.82) is 5.26 Å². The van der Waals surface area contributed by atoms with Crippen LogP contribution in [0, 0.1) is 11.3 Å². The molecule has 0 N–H and O–H groups in total. The zero-order valence-electron chi connectivity index (χ0n) is 6.77. The van der Waals surface area contributed by atoms with Crippen LogP contribution in [0.2, 0.25) is 0 Å². The van der Waals surface area contributed by atoms with Crippen LogP contribution < -0.4 is 0 Å². The Kier molecular flexibility index (Phi) is 2.89. The number of rotatable bonds is 1. The predicted octanol–water partition coefficient (Wildman–Crippen LogP) is 1.27. The summed E-state index contributed by atoms with van der Waals surface area (Å²) in [5, 5.41) is 7.28. The van der Waals surface area contributed by atoms with E-state index in [4.69, 9.17) is 15.9 Å². The molecule has 1 aromatic rings. The first kappa shape index (κ1) is 10.7. The zero-order valence-corrected chi connectivity index (χ0v) is 8.34. The first-order valence-electron chi connectivity index (χ1n) is 3.44. The summed E-state index contributed by atoms with van der Waals surface area (Å²) in [6.45, 7) is 0. The number of nitrogens with zero attached hydrogens (tertiary/aromatic N) is 1. The highest BCUT2D eigenvalue weighted by atomic mass is 35.7. The lowest BCUT2D eigenvalue weighted by Crippen LogP contribution is -2.07. The van der Waals surface area contributed by atoms with Gasteiger partial charge in [0.2, 0.25) is 0 Å². The lowest BCUT2D eigenvalue weighted by molar-refractivity contribution is 0.107. The molecule has 0 saturated heterocycles. The van der Waals surface area contributed by atoms with E-state index in [2.05, 4.69) is 0 Å². The second-order valence-corrected chi connectivity index (χ2v) is 4.88. The van der Waals surface area contributed by atoms with Gasteiger partial charge in [0.15, 0.2) is 0 Å². The third-order valence-corrected chi connectivity index (χ3v) is 2.57. The molecule has 72 valence electrons. The standard InChI is InChI=1S/C8H4ClNO3S/c9-14(12,13)8(11)7-3-1-6(5-10)2-4-7/h1-4H. The predicted molar refractivity (Wildman–Crippen MR) is 50.3 cm³/mol. The molecule has 0 aliphatic carbocycles. The topological polar surface area (TPSA) is 75.0 Å². The number of carbonyl (C=O) groups excluding carboxylic acids is 1. The van der Waals surface area contributed by atoms with Crippen molar-refractivity contribution in [3.8, 4) is 6.07 Å². The quantitative estimate of drug-likeness (QED) is 0.680. The van der Waals surface area contributed by atoms with E-state index in [0.717, 1.165) is 0 Å². The maximum absolute atomic E-state index is 11.1. The smallest absolute Gasteiger partial charge is 0.275 e. The fraction of sp³-hybridized carbons (Fsp3) is 0. The molecule has 14 heavy (non-hydrogen) atoms. The van der Waals surface area contributed by atoms with Crippen LogP contribution in [0.1, 0.15) is 15.9 Å². The van der Waals surface area contributed by atoms with Gasteiger partial charge in [-0.1, -0.05) is 0 Å². The summed E-state index contributed by atoms with van der Waals surface area (Å²) in [6, 6.07) is 7.00. The number of nitriles is 1. The van der Waals surface area contributed by atoms with Crippen molar-refractivity contribution in [3.05, 3.63) is 35.4 Å². The Morgan fingerprint density at radius 3 is 2.14 bits per heavy atom. The first-order chi connectivity index (χ1) is 6.45. The summed E-state index contributed by atoms with van der Waals surface area (Å²) >= 11 is 0. The number of carbonyl (C=O) groups is 1. The molecule has 0 heterocycles. The van der Waals surface area contributed by atoms with Crippen LogP contribution in [0.15, 0.2) is 24.3 Å². The molecule has 0 atom stereocenters. The number of hydrogen-bond donors (Lipinski definition) is 0. The van der Waals surface area contributed by atoms with E-state index < -0.39 is 14.2 Å². The summed E-state index contributed by atoms with van der Waals surface area (Å²) < 4.78 is 21.3. The molecule has 1 aromatic carbocycles. The van der Waals surface area contributed by atoms with Gasteiger partial charge in [-0.25, -0.2) is 8.42 Å². The third kappa shape index (κ3) is 2.31. The van der Waals surface area contributed by atoms with Crippen molar-refractivity contribution in [2.45, 2.75) is 0 Å². The minimum Gasteiger partial charge on any atom is -0.275 e. The van der Waals surface area contributed by atoms with Crippen molar-refractivity contribution < 1.29 is 13.2 Å². The Bertz CT molecular complexity index is 498. The van der Waals surface area contributed by atoms with Crippen LogP contribution in [0.5, 0.6) is 0 Å². The highest BCUT2D eigenvalue weighted by molar-refractivity contribution is 8.25. The second kappa shape index (κ2) is 3.78. The van der Waals surface area contributed by atoms with Crippen molar-refractivity contribution in [3.63, 3.8) is 0 Å². The monoisotopic (exact) mass is 229 g/mol. The molecule has 0 amide bonds. The van der Waals surface area contributed by atoms with Crippen molar-refractivity contribution in [2.75, 3.05) is 0 Å². The fourth-order valence-corrected chi connectivity index (χ4v) is 1.51. The highest BCUT2D eigenvalue weighted by Crippen LogP contribution is 2.10. The SMILES string of the molecule is N#Cc1ccc(C(=O)S(=O)(=O)Cl)cc1. The van der Waals surface area contributed by atoms with Crippen LogP contribution >= 0.6 is 10.7 Å².